The number of nitrogens with zero attached hydrogens (tertiary/aromatic N) is 1. The van der Waals surface area contributed by atoms with Crippen LogP contribution in [0.4, 0.5) is 0 Å². The molecule has 4 nitrogen and oxygen atoms in total. The van der Waals surface area contributed by atoms with Gasteiger partial charge in [-0.15, -0.1) is 0 Å². The second-order valence-electron chi connectivity index (χ2n) is 5.36. The largest absolute Gasteiger partial charge is 0.346 e. The maximum Gasteiger partial charge on any atom is 0.220 e. The number of H-pyrrole nitrogens is 1. The minimum atomic E-state index is -0.0907. The molecular formula is C15H21N3O. The molecule has 2 N–H and O–H groups in total. The number of aromatic nitrogens is 2. The van der Waals surface area contributed by atoms with Crippen molar-refractivity contribution in [2.45, 2.75) is 39.7 Å². The zero-order valence-corrected chi connectivity index (χ0v) is 11.7. The average molecular weight is 259 g/mol. The third-order valence-corrected chi connectivity index (χ3v) is 3.14. The molecule has 2 aromatic rings. The molecule has 1 amide bonds. The number of carbonyl (C=O) groups excluding carboxylic acids is 1. The summed E-state index contributed by atoms with van der Waals surface area (Å²) < 4.78 is 0. The molecule has 0 aliphatic rings. The summed E-state index contributed by atoms with van der Waals surface area (Å²) in [7, 11) is 0. The fourth-order valence-corrected chi connectivity index (χ4v) is 1.98. The molecular weight excluding hydrogens is 238 g/mol. The van der Waals surface area contributed by atoms with Crippen LogP contribution in [0.5, 0.6) is 0 Å². The number of carbonyl (C=O) groups is 1. The number of amides is 1. The molecule has 0 fully saturated rings. The lowest BCUT2D eigenvalue weighted by atomic mass is 10.1. The lowest BCUT2D eigenvalue weighted by Gasteiger charge is -2.12. The lowest BCUT2D eigenvalue weighted by Crippen LogP contribution is -2.27. The van der Waals surface area contributed by atoms with Crippen molar-refractivity contribution in [3.8, 4) is 0 Å². The van der Waals surface area contributed by atoms with Crippen molar-refractivity contribution < 1.29 is 4.79 Å². The first-order chi connectivity index (χ1) is 9.06. The summed E-state index contributed by atoms with van der Waals surface area (Å²) >= 11 is 0. The zero-order valence-electron chi connectivity index (χ0n) is 11.7. The molecule has 0 saturated heterocycles. The predicted octanol–water partition coefficient (Wildman–Crippen LogP) is 3.18. The van der Waals surface area contributed by atoms with Gasteiger partial charge in [-0.3, -0.25) is 4.79 Å². The first-order valence-corrected chi connectivity index (χ1v) is 6.80. The van der Waals surface area contributed by atoms with E-state index in [4.69, 9.17) is 0 Å². The topological polar surface area (TPSA) is 57.8 Å². The van der Waals surface area contributed by atoms with Crippen LogP contribution in [0.3, 0.4) is 0 Å². The first kappa shape index (κ1) is 13.6. The normalized spacial score (nSPS) is 12.8. The Balaban J connectivity index is 1.99. The standard InChI is InChI=1S/C15H21N3O/c1-10(2)8-9-14(19)16-11(3)15-17-12-6-4-5-7-13(12)18-15/h4-7,10-11H,8-9H2,1-3H3,(H,16,19)(H,17,18)/t11-/m1/s1. The van der Waals surface area contributed by atoms with Crippen LogP contribution in [0, 0.1) is 5.92 Å². The number of imidazole rings is 1. The molecule has 102 valence electrons. The van der Waals surface area contributed by atoms with Gasteiger partial charge in [0.1, 0.15) is 5.82 Å². The number of benzene rings is 1. The van der Waals surface area contributed by atoms with Crippen molar-refractivity contribution >= 4 is 16.9 Å². The zero-order chi connectivity index (χ0) is 13.8. The molecule has 1 aromatic heterocycles. The summed E-state index contributed by atoms with van der Waals surface area (Å²) in [5.41, 5.74) is 1.93. The first-order valence-electron chi connectivity index (χ1n) is 6.80. The summed E-state index contributed by atoms with van der Waals surface area (Å²) in [5, 5.41) is 2.98. The SMILES string of the molecule is CC(C)CCC(=O)N[C@H](C)c1nc2ccccc2[nH]1. The summed E-state index contributed by atoms with van der Waals surface area (Å²) in [5.74, 6) is 1.44. The Kier molecular flexibility index (Phi) is 4.20. The summed E-state index contributed by atoms with van der Waals surface area (Å²) in [4.78, 5) is 19.5. The van der Waals surface area contributed by atoms with Crippen LogP contribution >= 0.6 is 0 Å². The van der Waals surface area contributed by atoms with E-state index in [-0.39, 0.29) is 11.9 Å². The number of aromatic amines is 1. The van der Waals surface area contributed by atoms with E-state index in [9.17, 15) is 4.79 Å². The monoisotopic (exact) mass is 259 g/mol. The number of hydrogen-bond donors (Lipinski definition) is 2. The number of nitrogens with one attached hydrogen (secondary N) is 2. The third-order valence-electron chi connectivity index (χ3n) is 3.14. The predicted molar refractivity (Wildman–Crippen MR) is 76.7 cm³/mol. The van der Waals surface area contributed by atoms with Crippen molar-refractivity contribution in [2.24, 2.45) is 5.92 Å². The molecule has 0 bridgehead atoms. The van der Waals surface area contributed by atoms with Crippen molar-refractivity contribution in [3.63, 3.8) is 0 Å². The maximum absolute atomic E-state index is 11.8. The van der Waals surface area contributed by atoms with E-state index in [1.54, 1.807) is 0 Å². The van der Waals surface area contributed by atoms with Crippen molar-refractivity contribution in [3.05, 3.63) is 30.1 Å². The van der Waals surface area contributed by atoms with Crippen LogP contribution in [-0.4, -0.2) is 15.9 Å². The Morgan fingerprint density at radius 3 is 2.74 bits per heavy atom. The fraction of sp³-hybridized carbons (Fsp3) is 0.467. The Hall–Kier alpha value is -1.84. The highest BCUT2D eigenvalue weighted by atomic mass is 16.1. The highest BCUT2D eigenvalue weighted by Crippen LogP contribution is 2.15. The third kappa shape index (κ3) is 3.56. The molecule has 0 spiro atoms. The van der Waals surface area contributed by atoms with Gasteiger partial charge in [0.15, 0.2) is 0 Å². The van der Waals surface area contributed by atoms with Gasteiger partial charge in [0, 0.05) is 6.42 Å². The second-order valence-corrected chi connectivity index (χ2v) is 5.36. The molecule has 4 heteroatoms. The van der Waals surface area contributed by atoms with Crippen molar-refractivity contribution in [1.82, 2.24) is 15.3 Å². The van der Waals surface area contributed by atoms with Crippen LogP contribution in [0.15, 0.2) is 24.3 Å². The van der Waals surface area contributed by atoms with E-state index in [1.807, 2.05) is 31.2 Å². The Labute approximate surface area is 113 Å². The highest BCUT2D eigenvalue weighted by Gasteiger charge is 2.13. The summed E-state index contributed by atoms with van der Waals surface area (Å²) in [6, 6.07) is 7.78. The van der Waals surface area contributed by atoms with E-state index in [2.05, 4.69) is 29.1 Å². The molecule has 1 heterocycles. The van der Waals surface area contributed by atoms with Crippen LogP contribution < -0.4 is 5.32 Å². The molecule has 1 atom stereocenters. The number of para-hydroxylation sites is 2. The second kappa shape index (κ2) is 5.87. The molecule has 0 unspecified atom stereocenters. The minimum absolute atomic E-state index is 0.0849. The average Bonchev–Trinajstić information content (AvgIpc) is 2.80. The van der Waals surface area contributed by atoms with Gasteiger partial charge >= 0.3 is 0 Å². The maximum atomic E-state index is 11.8. The minimum Gasteiger partial charge on any atom is -0.346 e. The van der Waals surface area contributed by atoms with Crippen molar-refractivity contribution in [1.29, 1.82) is 0 Å². The van der Waals surface area contributed by atoms with E-state index >= 15 is 0 Å². The van der Waals surface area contributed by atoms with E-state index in [0.29, 0.717) is 12.3 Å². The fourth-order valence-electron chi connectivity index (χ4n) is 1.98. The van der Waals surface area contributed by atoms with E-state index in [0.717, 1.165) is 23.3 Å². The van der Waals surface area contributed by atoms with Gasteiger partial charge < -0.3 is 10.3 Å². The quantitative estimate of drug-likeness (QED) is 0.866. The van der Waals surface area contributed by atoms with E-state index < -0.39 is 0 Å². The Morgan fingerprint density at radius 1 is 1.32 bits per heavy atom. The highest BCUT2D eigenvalue weighted by molar-refractivity contribution is 5.77. The lowest BCUT2D eigenvalue weighted by molar-refractivity contribution is -0.122. The van der Waals surface area contributed by atoms with Crippen LogP contribution in [0.25, 0.3) is 11.0 Å². The van der Waals surface area contributed by atoms with Gasteiger partial charge in [-0.05, 0) is 31.4 Å². The van der Waals surface area contributed by atoms with Gasteiger partial charge in [-0.25, -0.2) is 4.98 Å². The van der Waals surface area contributed by atoms with Gasteiger partial charge in [-0.2, -0.15) is 0 Å². The van der Waals surface area contributed by atoms with Gasteiger partial charge in [0.2, 0.25) is 5.91 Å². The molecule has 19 heavy (non-hydrogen) atoms. The molecule has 0 aliphatic heterocycles. The van der Waals surface area contributed by atoms with Gasteiger partial charge in [0.25, 0.3) is 0 Å². The Morgan fingerprint density at radius 2 is 2.05 bits per heavy atom. The molecule has 0 saturated carbocycles. The van der Waals surface area contributed by atoms with Crippen molar-refractivity contribution in [2.75, 3.05) is 0 Å². The number of fused-ring (bicyclic) bond motifs is 1. The summed E-state index contributed by atoms with van der Waals surface area (Å²) in [6.45, 7) is 6.19. The van der Waals surface area contributed by atoms with E-state index in [1.165, 1.54) is 0 Å². The van der Waals surface area contributed by atoms with Crippen LogP contribution in [-0.2, 0) is 4.79 Å². The smallest absolute Gasteiger partial charge is 0.220 e. The van der Waals surface area contributed by atoms with Crippen LogP contribution in [0.1, 0.15) is 45.5 Å². The molecule has 0 aliphatic carbocycles. The van der Waals surface area contributed by atoms with Gasteiger partial charge in [0.05, 0.1) is 17.1 Å². The summed E-state index contributed by atoms with van der Waals surface area (Å²) in [6.07, 6.45) is 1.49. The molecule has 1 aromatic carbocycles. The number of hydrogen-bond acceptors (Lipinski definition) is 2. The Bertz CT molecular complexity index is 526. The van der Waals surface area contributed by atoms with Gasteiger partial charge in [-0.1, -0.05) is 26.0 Å². The van der Waals surface area contributed by atoms with Crippen LogP contribution in [0.2, 0.25) is 0 Å². The number of rotatable bonds is 5. The molecule has 2 rings (SSSR count). The molecule has 0 radical (unpaired) electrons.